The molecule has 0 unspecified atom stereocenters. The Hall–Kier alpha value is -2.90. The zero-order chi connectivity index (χ0) is 21.4. The minimum absolute atomic E-state index is 0.0830. The number of carbonyl (C=O) groups is 2. The number of carbonyl (C=O) groups excluding carboxylic acids is 2. The number of ether oxygens (including phenoxy) is 1. The first-order valence-corrected chi connectivity index (χ1v) is 11.1. The molecule has 7 nitrogen and oxygen atoms in total. The lowest BCUT2D eigenvalue weighted by atomic mass is 9.93. The summed E-state index contributed by atoms with van der Waals surface area (Å²) in [6.45, 7) is 6.91. The Kier molecular flexibility index (Phi) is 5.16. The van der Waals surface area contributed by atoms with Crippen LogP contribution in [0, 0.1) is 0 Å². The van der Waals surface area contributed by atoms with Gasteiger partial charge in [-0.2, -0.15) is 0 Å². The molecule has 0 aliphatic carbocycles. The second-order valence-electron chi connectivity index (χ2n) is 8.27. The Morgan fingerprint density at radius 3 is 2.52 bits per heavy atom. The van der Waals surface area contributed by atoms with E-state index in [2.05, 4.69) is 17.1 Å². The summed E-state index contributed by atoms with van der Waals surface area (Å²) in [6, 6.07) is 15.3. The molecule has 1 atom stereocenters. The number of hydrogen-bond donors (Lipinski definition) is 1. The number of para-hydroxylation sites is 2. The van der Waals surface area contributed by atoms with E-state index in [4.69, 9.17) is 4.74 Å². The fourth-order valence-corrected chi connectivity index (χ4v) is 4.94. The number of amides is 2. The van der Waals surface area contributed by atoms with Crippen molar-refractivity contribution in [2.45, 2.75) is 19.0 Å². The zero-order valence-corrected chi connectivity index (χ0v) is 17.8. The molecule has 1 fully saturated rings. The summed E-state index contributed by atoms with van der Waals surface area (Å²) in [7, 11) is 0. The number of nitrogens with one attached hydrogen (secondary N) is 1. The number of nitrogens with zero attached hydrogens (tertiary/aromatic N) is 3. The zero-order valence-electron chi connectivity index (χ0n) is 17.8. The second-order valence-corrected chi connectivity index (χ2v) is 8.27. The number of rotatable bonds is 5. The fraction of sp³-hybridized carbons (Fsp3) is 0.417. The fourth-order valence-electron chi connectivity index (χ4n) is 4.94. The van der Waals surface area contributed by atoms with Crippen molar-refractivity contribution < 1.29 is 14.3 Å². The standard InChI is InChI=1S/C24H28N4O3/c1-2-11-27-21-10-6-4-8-19(21)24(23(27)30)25-20-9-5-3-7-18(20)22(29)28(24)13-12-26-14-16-31-17-15-26/h3-10,25H,2,11-17H2,1H3/t24-/m0/s1. The molecule has 2 aromatic rings. The topological polar surface area (TPSA) is 65.1 Å². The normalized spacial score (nSPS) is 23.1. The smallest absolute Gasteiger partial charge is 0.278 e. The van der Waals surface area contributed by atoms with Crippen molar-refractivity contribution in [3.8, 4) is 0 Å². The highest BCUT2D eigenvalue weighted by Crippen LogP contribution is 2.47. The summed E-state index contributed by atoms with van der Waals surface area (Å²) in [5.74, 6) is -0.190. The van der Waals surface area contributed by atoms with Crippen molar-refractivity contribution in [1.82, 2.24) is 9.80 Å². The highest BCUT2D eigenvalue weighted by Gasteiger charge is 2.58. The summed E-state index contributed by atoms with van der Waals surface area (Å²) in [4.78, 5) is 33.6. The molecule has 2 amide bonds. The van der Waals surface area contributed by atoms with Gasteiger partial charge in [-0.1, -0.05) is 37.3 Å². The van der Waals surface area contributed by atoms with Gasteiger partial charge in [0.15, 0.2) is 0 Å². The summed E-state index contributed by atoms with van der Waals surface area (Å²) in [5, 5.41) is 3.51. The molecular formula is C24H28N4O3. The van der Waals surface area contributed by atoms with Crippen molar-refractivity contribution >= 4 is 23.2 Å². The van der Waals surface area contributed by atoms with Gasteiger partial charge < -0.3 is 19.9 Å². The molecular weight excluding hydrogens is 392 g/mol. The molecule has 2 aromatic carbocycles. The average Bonchev–Trinajstić information content (AvgIpc) is 3.03. The monoisotopic (exact) mass is 420 g/mol. The van der Waals surface area contributed by atoms with E-state index >= 15 is 0 Å². The molecule has 3 heterocycles. The maximum Gasteiger partial charge on any atom is 0.278 e. The van der Waals surface area contributed by atoms with E-state index in [1.165, 1.54) is 0 Å². The van der Waals surface area contributed by atoms with Gasteiger partial charge in [0.1, 0.15) is 0 Å². The van der Waals surface area contributed by atoms with Crippen LogP contribution in [0.5, 0.6) is 0 Å². The number of hydrogen-bond acceptors (Lipinski definition) is 5. The molecule has 0 bridgehead atoms. The van der Waals surface area contributed by atoms with Gasteiger partial charge in [-0.15, -0.1) is 0 Å². The van der Waals surface area contributed by atoms with Crippen LogP contribution in [0.15, 0.2) is 48.5 Å². The molecule has 0 aromatic heterocycles. The van der Waals surface area contributed by atoms with Crippen LogP contribution in [0.2, 0.25) is 0 Å². The van der Waals surface area contributed by atoms with E-state index < -0.39 is 5.66 Å². The van der Waals surface area contributed by atoms with Crippen molar-refractivity contribution in [2.75, 3.05) is 56.2 Å². The van der Waals surface area contributed by atoms with Gasteiger partial charge in [0.05, 0.1) is 24.5 Å². The van der Waals surface area contributed by atoms with Crippen molar-refractivity contribution in [3.63, 3.8) is 0 Å². The Morgan fingerprint density at radius 1 is 0.968 bits per heavy atom. The van der Waals surface area contributed by atoms with Gasteiger partial charge in [-0.25, -0.2) is 0 Å². The summed E-state index contributed by atoms with van der Waals surface area (Å²) < 4.78 is 5.46. The highest BCUT2D eigenvalue weighted by molar-refractivity contribution is 6.15. The van der Waals surface area contributed by atoms with E-state index in [1.807, 2.05) is 53.4 Å². The number of morpholine rings is 1. The first kappa shape index (κ1) is 20.0. The second kappa shape index (κ2) is 7.98. The molecule has 3 aliphatic heterocycles. The maximum absolute atomic E-state index is 14.0. The number of anilines is 2. The maximum atomic E-state index is 14.0. The minimum Gasteiger partial charge on any atom is -0.379 e. The summed E-state index contributed by atoms with van der Waals surface area (Å²) in [5.41, 5.74) is 1.82. The molecule has 1 N–H and O–H groups in total. The summed E-state index contributed by atoms with van der Waals surface area (Å²) >= 11 is 0. The van der Waals surface area contributed by atoms with Crippen LogP contribution >= 0.6 is 0 Å². The Labute approximate surface area is 182 Å². The first-order chi connectivity index (χ1) is 15.2. The van der Waals surface area contributed by atoms with E-state index in [-0.39, 0.29) is 11.8 Å². The molecule has 0 saturated carbocycles. The molecule has 31 heavy (non-hydrogen) atoms. The van der Waals surface area contributed by atoms with Gasteiger partial charge in [-0.05, 0) is 24.6 Å². The largest absolute Gasteiger partial charge is 0.379 e. The van der Waals surface area contributed by atoms with Crippen molar-refractivity contribution in [3.05, 3.63) is 59.7 Å². The van der Waals surface area contributed by atoms with Crippen LogP contribution in [0.1, 0.15) is 29.3 Å². The molecule has 7 heteroatoms. The molecule has 5 rings (SSSR count). The van der Waals surface area contributed by atoms with Crippen LogP contribution in [-0.2, 0) is 15.2 Å². The predicted molar refractivity (Wildman–Crippen MR) is 119 cm³/mol. The molecule has 3 aliphatic rings. The van der Waals surface area contributed by atoms with Gasteiger partial charge in [-0.3, -0.25) is 14.5 Å². The molecule has 0 radical (unpaired) electrons. The van der Waals surface area contributed by atoms with Gasteiger partial charge in [0.25, 0.3) is 11.8 Å². The first-order valence-electron chi connectivity index (χ1n) is 11.1. The van der Waals surface area contributed by atoms with Gasteiger partial charge >= 0.3 is 0 Å². The van der Waals surface area contributed by atoms with Crippen LogP contribution < -0.4 is 10.2 Å². The Bertz CT molecular complexity index is 1000. The third-order valence-corrected chi connectivity index (χ3v) is 6.45. The Morgan fingerprint density at radius 2 is 1.71 bits per heavy atom. The molecule has 162 valence electrons. The highest BCUT2D eigenvalue weighted by atomic mass is 16.5. The molecule has 1 spiro atoms. The van der Waals surface area contributed by atoms with Crippen LogP contribution in [-0.4, -0.2) is 67.6 Å². The van der Waals surface area contributed by atoms with Crippen LogP contribution in [0.4, 0.5) is 11.4 Å². The average molecular weight is 421 g/mol. The number of fused-ring (bicyclic) bond motifs is 3. The van der Waals surface area contributed by atoms with Gasteiger partial charge in [0.2, 0.25) is 5.66 Å². The molecule has 1 saturated heterocycles. The van der Waals surface area contributed by atoms with E-state index in [9.17, 15) is 9.59 Å². The summed E-state index contributed by atoms with van der Waals surface area (Å²) in [6.07, 6.45) is 0.842. The number of benzene rings is 2. The van der Waals surface area contributed by atoms with Crippen LogP contribution in [0.3, 0.4) is 0 Å². The van der Waals surface area contributed by atoms with E-state index in [1.54, 1.807) is 4.90 Å². The third-order valence-electron chi connectivity index (χ3n) is 6.45. The lowest BCUT2D eigenvalue weighted by Crippen LogP contribution is -2.63. The lowest BCUT2D eigenvalue weighted by molar-refractivity contribution is -0.127. The van der Waals surface area contributed by atoms with E-state index in [0.29, 0.717) is 44.1 Å². The minimum atomic E-state index is -1.22. The van der Waals surface area contributed by atoms with Crippen LogP contribution in [0.25, 0.3) is 0 Å². The van der Waals surface area contributed by atoms with Crippen molar-refractivity contribution in [1.29, 1.82) is 0 Å². The quantitative estimate of drug-likeness (QED) is 0.805. The predicted octanol–water partition coefficient (Wildman–Crippen LogP) is 2.50. The SMILES string of the molecule is CCCN1C(=O)[C@]2(Nc3ccccc3C(=O)N2CCN2CCOCC2)c2ccccc21. The van der Waals surface area contributed by atoms with Gasteiger partial charge in [0, 0.05) is 44.0 Å². The lowest BCUT2D eigenvalue weighted by Gasteiger charge is -2.45. The van der Waals surface area contributed by atoms with Crippen molar-refractivity contribution in [2.24, 2.45) is 0 Å². The third kappa shape index (κ3) is 3.11. The van der Waals surface area contributed by atoms with E-state index in [0.717, 1.165) is 30.8 Å². The Balaban J connectivity index is 1.60.